The Balaban J connectivity index is 2.96. The molecule has 0 unspecified atom stereocenters. The molecule has 0 aliphatic carbocycles. The van der Waals surface area contributed by atoms with Crippen LogP contribution in [-0.4, -0.2) is 9.67 Å². The number of rotatable bonds is 2. The van der Waals surface area contributed by atoms with E-state index in [0.29, 0.717) is 11.1 Å². The van der Waals surface area contributed by atoms with Crippen molar-refractivity contribution in [1.82, 2.24) is 4.57 Å². The van der Waals surface area contributed by atoms with Gasteiger partial charge in [-0.05, 0) is 39.8 Å². The Kier molecular flexibility index (Phi) is 3.03. The Bertz CT molecular complexity index is 633. The standard InChI is InChI=1S/C15H19NO2/c1-10(2)16-12-8-6-5-7-11(12)13(17)9-14(16)15(3,4)18/h5-10,18H,1-4H3. The highest BCUT2D eigenvalue weighted by atomic mass is 16.3. The van der Waals surface area contributed by atoms with Crippen LogP contribution in [0.3, 0.4) is 0 Å². The molecule has 0 saturated heterocycles. The van der Waals surface area contributed by atoms with Gasteiger partial charge >= 0.3 is 0 Å². The Morgan fingerprint density at radius 3 is 2.39 bits per heavy atom. The third-order valence-electron chi connectivity index (χ3n) is 3.10. The fourth-order valence-electron chi connectivity index (χ4n) is 2.32. The molecule has 2 rings (SSSR count). The van der Waals surface area contributed by atoms with Crippen molar-refractivity contribution in [2.75, 3.05) is 0 Å². The molecule has 1 aromatic heterocycles. The van der Waals surface area contributed by atoms with Gasteiger partial charge in [-0.1, -0.05) is 12.1 Å². The predicted octanol–water partition coefficient (Wildman–Crippen LogP) is 2.81. The van der Waals surface area contributed by atoms with Gasteiger partial charge in [-0.2, -0.15) is 0 Å². The van der Waals surface area contributed by atoms with Crippen molar-refractivity contribution in [2.24, 2.45) is 0 Å². The van der Waals surface area contributed by atoms with Crippen LogP contribution in [0, 0.1) is 0 Å². The SMILES string of the molecule is CC(C)n1c(C(C)(C)O)cc(=O)c2ccccc21. The molecular formula is C15H19NO2. The average Bonchev–Trinajstić information content (AvgIpc) is 2.27. The van der Waals surface area contributed by atoms with E-state index in [4.69, 9.17) is 0 Å². The highest BCUT2D eigenvalue weighted by Gasteiger charge is 2.23. The molecule has 1 aromatic carbocycles. The first kappa shape index (κ1) is 12.8. The monoisotopic (exact) mass is 245 g/mol. The molecule has 1 heterocycles. The van der Waals surface area contributed by atoms with Crippen LogP contribution in [0.25, 0.3) is 10.9 Å². The van der Waals surface area contributed by atoms with Crippen LogP contribution in [0.1, 0.15) is 39.4 Å². The van der Waals surface area contributed by atoms with Gasteiger partial charge in [0.2, 0.25) is 0 Å². The van der Waals surface area contributed by atoms with Crippen LogP contribution >= 0.6 is 0 Å². The van der Waals surface area contributed by atoms with E-state index in [1.807, 2.05) is 42.7 Å². The summed E-state index contributed by atoms with van der Waals surface area (Å²) in [4.78, 5) is 12.1. The lowest BCUT2D eigenvalue weighted by atomic mass is 10.0. The number of benzene rings is 1. The van der Waals surface area contributed by atoms with Crippen LogP contribution in [0.4, 0.5) is 0 Å². The number of aromatic nitrogens is 1. The highest BCUT2D eigenvalue weighted by molar-refractivity contribution is 5.79. The molecule has 3 nitrogen and oxygen atoms in total. The van der Waals surface area contributed by atoms with Crippen LogP contribution in [-0.2, 0) is 5.60 Å². The maximum absolute atomic E-state index is 12.1. The molecule has 2 aromatic rings. The lowest BCUT2D eigenvalue weighted by Gasteiger charge is -2.27. The molecular weight excluding hydrogens is 226 g/mol. The van der Waals surface area contributed by atoms with Crippen molar-refractivity contribution in [3.63, 3.8) is 0 Å². The molecule has 0 amide bonds. The van der Waals surface area contributed by atoms with E-state index in [-0.39, 0.29) is 11.5 Å². The first-order valence-corrected chi connectivity index (χ1v) is 6.19. The van der Waals surface area contributed by atoms with Gasteiger partial charge in [0.05, 0.1) is 16.8 Å². The highest BCUT2D eigenvalue weighted by Crippen LogP contribution is 2.26. The van der Waals surface area contributed by atoms with Crippen molar-refractivity contribution >= 4 is 10.9 Å². The number of hydrogen-bond acceptors (Lipinski definition) is 2. The number of para-hydroxylation sites is 1. The molecule has 3 heteroatoms. The van der Waals surface area contributed by atoms with Gasteiger partial charge in [0.1, 0.15) is 0 Å². The molecule has 0 aliphatic rings. The van der Waals surface area contributed by atoms with Crippen molar-refractivity contribution in [2.45, 2.75) is 39.3 Å². The van der Waals surface area contributed by atoms with Gasteiger partial charge in [0.25, 0.3) is 0 Å². The first-order chi connectivity index (χ1) is 8.32. The van der Waals surface area contributed by atoms with Crippen LogP contribution in [0.2, 0.25) is 0 Å². The zero-order valence-corrected chi connectivity index (χ0v) is 11.3. The minimum Gasteiger partial charge on any atom is -0.384 e. The van der Waals surface area contributed by atoms with Crippen LogP contribution in [0.5, 0.6) is 0 Å². The molecule has 96 valence electrons. The predicted molar refractivity (Wildman–Crippen MR) is 73.8 cm³/mol. The summed E-state index contributed by atoms with van der Waals surface area (Å²) in [5.41, 5.74) is 0.450. The van der Waals surface area contributed by atoms with E-state index >= 15 is 0 Å². The summed E-state index contributed by atoms with van der Waals surface area (Å²) in [5.74, 6) is 0. The molecule has 0 bridgehead atoms. The molecule has 18 heavy (non-hydrogen) atoms. The average molecular weight is 245 g/mol. The maximum atomic E-state index is 12.1. The van der Waals surface area contributed by atoms with E-state index in [9.17, 15) is 9.90 Å². The molecule has 0 aliphatic heterocycles. The smallest absolute Gasteiger partial charge is 0.189 e. The first-order valence-electron chi connectivity index (χ1n) is 6.19. The summed E-state index contributed by atoms with van der Waals surface area (Å²) in [6, 6.07) is 9.24. The Morgan fingerprint density at radius 2 is 1.83 bits per heavy atom. The van der Waals surface area contributed by atoms with Gasteiger partial charge in [0, 0.05) is 17.5 Å². The third-order valence-corrected chi connectivity index (χ3v) is 3.10. The minimum absolute atomic E-state index is 0.0420. The largest absolute Gasteiger partial charge is 0.384 e. The van der Waals surface area contributed by atoms with Gasteiger partial charge in [-0.15, -0.1) is 0 Å². The molecule has 0 saturated carbocycles. The van der Waals surface area contributed by atoms with Gasteiger partial charge in [-0.3, -0.25) is 4.79 Å². The Labute approximate surface area is 107 Å². The summed E-state index contributed by atoms with van der Waals surface area (Å²) in [5, 5.41) is 10.9. The Morgan fingerprint density at radius 1 is 1.22 bits per heavy atom. The van der Waals surface area contributed by atoms with Crippen LogP contribution in [0.15, 0.2) is 35.1 Å². The third kappa shape index (κ3) is 2.06. The van der Waals surface area contributed by atoms with E-state index in [0.717, 1.165) is 5.52 Å². The minimum atomic E-state index is -1.03. The second kappa shape index (κ2) is 4.25. The molecule has 0 atom stereocenters. The van der Waals surface area contributed by atoms with E-state index in [1.165, 1.54) is 0 Å². The molecule has 1 N–H and O–H groups in total. The van der Waals surface area contributed by atoms with Gasteiger partial charge in [0.15, 0.2) is 5.43 Å². The second-order valence-corrected chi connectivity index (χ2v) is 5.43. The zero-order valence-electron chi connectivity index (χ0n) is 11.3. The molecule has 0 radical (unpaired) electrons. The molecule has 0 fully saturated rings. The number of pyridine rings is 1. The number of hydrogen-bond donors (Lipinski definition) is 1. The van der Waals surface area contributed by atoms with Crippen molar-refractivity contribution < 1.29 is 5.11 Å². The summed E-state index contributed by atoms with van der Waals surface area (Å²) in [6.07, 6.45) is 0. The second-order valence-electron chi connectivity index (χ2n) is 5.43. The lowest BCUT2D eigenvalue weighted by Crippen LogP contribution is -2.27. The topological polar surface area (TPSA) is 42.2 Å². The fourth-order valence-corrected chi connectivity index (χ4v) is 2.32. The lowest BCUT2D eigenvalue weighted by molar-refractivity contribution is 0.0684. The summed E-state index contributed by atoms with van der Waals surface area (Å²) in [7, 11) is 0. The molecule has 0 spiro atoms. The van der Waals surface area contributed by atoms with Gasteiger partial charge < -0.3 is 9.67 Å². The zero-order chi connectivity index (χ0) is 13.5. The van der Waals surface area contributed by atoms with E-state index < -0.39 is 5.60 Å². The quantitative estimate of drug-likeness (QED) is 0.884. The summed E-state index contributed by atoms with van der Waals surface area (Å²) >= 11 is 0. The van der Waals surface area contributed by atoms with E-state index in [2.05, 4.69) is 0 Å². The number of fused-ring (bicyclic) bond motifs is 1. The number of aliphatic hydroxyl groups is 1. The normalized spacial score (nSPS) is 12.3. The summed E-state index contributed by atoms with van der Waals surface area (Å²) in [6.45, 7) is 7.50. The number of nitrogens with zero attached hydrogens (tertiary/aromatic N) is 1. The summed E-state index contributed by atoms with van der Waals surface area (Å²) < 4.78 is 2.02. The van der Waals surface area contributed by atoms with Crippen LogP contribution < -0.4 is 5.43 Å². The van der Waals surface area contributed by atoms with E-state index in [1.54, 1.807) is 19.9 Å². The fraction of sp³-hybridized carbons (Fsp3) is 0.400. The van der Waals surface area contributed by atoms with Crippen molar-refractivity contribution in [1.29, 1.82) is 0 Å². The Hall–Kier alpha value is -1.61. The van der Waals surface area contributed by atoms with Crippen molar-refractivity contribution in [3.05, 3.63) is 46.2 Å². The maximum Gasteiger partial charge on any atom is 0.189 e. The van der Waals surface area contributed by atoms with Crippen molar-refractivity contribution in [3.8, 4) is 0 Å². The van der Waals surface area contributed by atoms with Gasteiger partial charge in [-0.25, -0.2) is 0 Å².